The van der Waals surface area contributed by atoms with Gasteiger partial charge in [-0.15, -0.1) is 5.23 Å². The third-order valence-corrected chi connectivity index (χ3v) is 7.51. The van der Waals surface area contributed by atoms with Gasteiger partial charge in [0.15, 0.2) is 0 Å². The van der Waals surface area contributed by atoms with Crippen molar-refractivity contribution in [1.82, 2.24) is 28.2 Å². The molecule has 0 spiro atoms. The third-order valence-electron chi connectivity index (χ3n) is 4.27. The fourth-order valence-corrected chi connectivity index (χ4v) is 4.65. The lowest BCUT2D eigenvalue weighted by molar-refractivity contribution is -0.204. The van der Waals surface area contributed by atoms with E-state index >= 15 is 0 Å². The van der Waals surface area contributed by atoms with Crippen LogP contribution in [0.4, 0.5) is 0 Å². The zero-order chi connectivity index (χ0) is 18.1. The molecule has 0 aromatic heterocycles. The van der Waals surface area contributed by atoms with Gasteiger partial charge >= 0.3 is 0 Å². The van der Waals surface area contributed by atoms with Crippen molar-refractivity contribution in [3.63, 3.8) is 0 Å². The van der Waals surface area contributed by atoms with Gasteiger partial charge in [0.1, 0.15) is 0 Å². The highest BCUT2D eigenvalue weighted by Gasteiger charge is 2.33. The quantitative estimate of drug-likeness (QED) is 0.393. The number of sulfonamides is 1. The smallest absolute Gasteiger partial charge is 0.240 e. The maximum Gasteiger partial charge on any atom is 0.281 e. The van der Waals surface area contributed by atoms with E-state index in [0.29, 0.717) is 52.4 Å². The van der Waals surface area contributed by atoms with Crippen molar-refractivity contribution in [3.8, 4) is 0 Å². The fraction of sp³-hybridized carbons (Fsp3) is 1.00. The molecular formula is C11H27N7O4S2. The maximum absolute atomic E-state index is 12.1. The minimum absolute atomic E-state index is 0.359. The molecule has 0 aromatic carbocycles. The molecule has 142 valence electrons. The zero-order valence-corrected chi connectivity index (χ0v) is 16.0. The lowest BCUT2D eigenvalue weighted by Gasteiger charge is -2.45. The van der Waals surface area contributed by atoms with Gasteiger partial charge in [-0.25, -0.2) is 24.3 Å². The van der Waals surface area contributed by atoms with Crippen molar-refractivity contribution in [1.29, 1.82) is 0 Å². The van der Waals surface area contributed by atoms with E-state index in [2.05, 4.69) is 0 Å². The molecule has 2 N–H and O–H groups in total. The number of nitrogens with two attached hydrogens (primary N) is 1. The molecule has 0 aromatic rings. The molecule has 0 amide bonds. The predicted octanol–water partition coefficient (Wildman–Crippen LogP) is -3.01. The summed E-state index contributed by atoms with van der Waals surface area (Å²) < 4.78 is 51.4. The largest absolute Gasteiger partial charge is 0.281 e. The second kappa shape index (κ2) is 7.47. The van der Waals surface area contributed by atoms with Gasteiger partial charge in [-0.3, -0.25) is 0 Å². The van der Waals surface area contributed by atoms with Gasteiger partial charge in [-0.2, -0.15) is 21.3 Å². The number of hydrazine groups is 3. The molecule has 0 atom stereocenters. The van der Waals surface area contributed by atoms with E-state index in [1.165, 1.54) is 38.5 Å². The maximum atomic E-state index is 12.1. The molecule has 0 radical (unpaired) electrons. The first kappa shape index (κ1) is 19.9. The molecule has 2 heterocycles. The van der Waals surface area contributed by atoms with E-state index in [1.807, 2.05) is 10.0 Å². The van der Waals surface area contributed by atoms with Crippen molar-refractivity contribution >= 4 is 20.2 Å². The predicted molar refractivity (Wildman–Crippen MR) is 89.8 cm³/mol. The van der Waals surface area contributed by atoms with Crippen LogP contribution in [0, 0.1) is 0 Å². The van der Waals surface area contributed by atoms with E-state index in [9.17, 15) is 16.8 Å². The van der Waals surface area contributed by atoms with Crippen LogP contribution in [0.25, 0.3) is 0 Å². The Balaban J connectivity index is 1.87. The molecule has 0 aliphatic carbocycles. The molecule has 24 heavy (non-hydrogen) atoms. The number of piperazine rings is 2. The Morgan fingerprint density at radius 2 is 1.12 bits per heavy atom. The van der Waals surface area contributed by atoms with Gasteiger partial charge in [-0.05, 0) is 0 Å². The summed E-state index contributed by atoms with van der Waals surface area (Å²) in [6.07, 6.45) is 1.20. The standard InChI is InChI=1S/C11H27N7O4S2/c1-13(2)24(21,22)17-10-6-15(7-11-17)18(12)14-4-8-16(9-5-14)23(3,19)20/h4-12H2,1-3H3. The second-order valence-corrected chi connectivity index (χ2v) is 10.2. The first-order valence-corrected chi connectivity index (χ1v) is 11.0. The summed E-state index contributed by atoms with van der Waals surface area (Å²) >= 11 is 0. The van der Waals surface area contributed by atoms with Crippen molar-refractivity contribution in [2.24, 2.45) is 5.84 Å². The Labute approximate surface area is 144 Å². The molecule has 0 saturated carbocycles. The van der Waals surface area contributed by atoms with Crippen LogP contribution in [0.1, 0.15) is 0 Å². The van der Waals surface area contributed by atoms with E-state index in [0.717, 1.165) is 0 Å². The summed E-state index contributed by atoms with van der Waals surface area (Å²) in [6, 6.07) is 0. The molecule has 2 aliphatic rings. The van der Waals surface area contributed by atoms with Gasteiger partial charge in [0.05, 0.1) is 6.26 Å². The molecule has 2 fully saturated rings. The highest BCUT2D eigenvalue weighted by Crippen LogP contribution is 2.13. The number of rotatable bonds is 5. The van der Waals surface area contributed by atoms with Crippen molar-refractivity contribution in [3.05, 3.63) is 0 Å². The van der Waals surface area contributed by atoms with Crippen LogP contribution in [0.15, 0.2) is 0 Å². The Hall–Kier alpha value is -0.380. The van der Waals surface area contributed by atoms with E-state index in [4.69, 9.17) is 5.84 Å². The minimum Gasteiger partial charge on any atom is -0.240 e. The summed E-state index contributed by atoms with van der Waals surface area (Å²) in [7, 11) is -3.56. The highest BCUT2D eigenvalue weighted by molar-refractivity contribution is 7.88. The van der Waals surface area contributed by atoms with Crippen molar-refractivity contribution < 1.29 is 16.8 Å². The first-order chi connectivity index (χ1) is 11.0. The molecule has 11 nitrogen and oxygen atoms in total. The Morgan fingerprint density at radius 1 is 0.750 bits per heavy atom. The molecule has 2 saturated heterocycles. The lowest BCUT2D eigenvalue weighted by Crippen LogP contribution is -2.66. The van der Waals surface area contributed by atoms with E-state index in [-0.39, 0.29) is 0 Å². The number of hydrogen-bond donors (Lipinski definition) is 1. The highest BCUT2D eigenvalue weighted by atomic mass is 32.2. The summed E-state index contributed by atoms with van der Waals surface area (Å²) in [4.78, 5) is 0. The summed E-state index contributed by atoms with van der Waals surface area (Å²) in [5, 5.41) is 5.24. The van der Waals surface area contributed by atoms with Crippen LogP contribution in [0.5, 0.6) is 0 Å². The summed E-state index contributed by atoms with van der Waals surface area (Å²) in [5.41, 5.74) is 0. The van der Waals surface area contributed by atoms with Crippen LogP contribution in [0.2, 0.25) is 0 Å². The van der Waals surface area contributed by atoms with Crippen LogP contribution >= 0.6 is 0 Å². The van der Waals surface area contributed by atoms with Gasteiger partial charge in [0, 0.05) is 66.5 Å². The molecule has 0 bridgehead atoms. The van der Waals surface area contributed by atoms with Crippen LogP contribution < -0.4 is 5.84 Å². The Kier molecular flexibility index (Phi) is 6.21. The Bertz CT molecular complexity index is 623. The molecule has 2 aliphatic heterocycles. The first-order valence-electron chi connectivity index (χ1n) is 7.71. The third kappa shape index (κ3) is 4.42. The van der Waals surface area contributed by atoms with Gasteiger partial charge in [0.2, 0.25) is 10.0 Å². The lowest BCUT2D eigenvalue weighted by atomic mass is 10.4. The topological polar surface area (TPSA) is 114 Å². The van der Waals surface area contributed by atoms with Crippen molar-refractivity contribution in [2.75, 3.05) is 72.7 Å². The zero-order valence-electron chi connectivity index (χ0n) is 14.4. The van der Waals surface area contributed by atoms with Gasteiger partial charge in [-0.1, -0.05) is 0 Å². The fourth-order valence-electron chi connectivity index (χ4n) is 2.74. The average Bonchev–Trinajstić information content (AvgIpc) is 2.53. The van der Waals surface area contributed by atoms with E-state index in [1.54, 1.807) is 0 Å². The Morgan fingerprint density at radius 3 is 1.46 bits per heavy atom. The summed E-state index contributed by atoms with van der Waals surface area (Å²) in [5.74, 6) is 6.13. The second-order valence-electron chi connectivity index (χ2n) is 6.08. The SMILES string of the molecule is CN(C)S(=O)(=O)N1CCN(N(N)N2CCN(S(C)(=O)=O)CC2)CC1. The normalized spacial score (nSPS) is 24.1. The number of hydrogen-bond acceptors (Lipinski definition) is 8. The van der Waals surface area contributed by atoms with Crippen LogP contribution in [0.3, 0.4) is 0 Å². The van der Waals surface area contributed by atoms with E-state index < -0.39 is 20.2 Å². The minimum atomic E-state index is -3.40. The molecule has 13 heteroatoms. The van der Waals surface area contributed by atoms with Crippen LogP contribution in [-0.4, -0.2) is 118 Å². The molecule has 2 rings (SSSR count). The average molecular weight is 386 g/mol. The molecule has 0 unspecified atom stereocenters. The summed E-state index contributed by atoms with van der Waals surface area (Å²) in [6.45, 7) is 3.46. The van der Waals surface area contributed by atoms with Gasteiger partial charge < -0.3 is 0 Å². The molecular weight excluding hydrogens is 358 g/mol. The monoisotopic (exact) mass is 385 g/mol. The number of nitrogens with zero attached hydrogens (tertiary/aromatic N) is 6. The van der Waals surface area contributed by atoms with Crippen LogP contribution in [-0.2, 0) is 20.2 Å². The van der Waals surface area contributed by atoms with Crippen molar-refractivity contribution in [2.45, 2.75) is 0 Å². The van der Waals surface area contributed by atoms with Gasteiger partial charge in [0.25, 0.3) is 10.2 Å².